The molecule has 0 atom stereocenters. The van der Waals surface area contributed by atoms with Gasteiger partial charge in [0, 0.05) is 25.3 Å². The summed E-state index contributed by atoms with van der Waals surface area (Å²) in [7, 11) is 2.06. The number of halogens is 3. The zero-order chi connectivity index (χ0) is 18.8. The predicted molar refractivity (Wildman–Crippen MR) is 92.3 cm³/mol. The third kappa shape index (κ3) is 4.48. The number of anilines is 1. The number of morpholine rings is 1. The quantitative estimate of drug-likeness (QED) is 0.887. The fourth-order valence-corrected chi connectivity index (χ4v) is 3.54. The molecule has 2 heterocycles. The summed E-state index contributed by atoms with van der Waals surface area (Å²) in [5.74, 6) is -0.253. The summed E-state index contributed by atoms with van der Waals surface area (Å²) in [5.41, 5.74) is 0.134. The number of alkyl halides is 3. The van der Waals surface area contributed by atoms with Crippen molar-refractivity contribution in [3.63, 3.8) is 0 Å². The van der Waals surface area contributed by atoms with Crippen molar-refractivity contribution in [3.8, 4) is 0 Å². The van der Waals surface area contributed by atoms with Crippen molar-refractivity contribution in [1.29, 1.82) is 0 Å². The molecular formula is C18H24F3N3O2. The highest BCUT2D eigenvalue weighted by Crippen LogP contribution is 2.31. The molecule has 144 valence electrons. The van der Waals surface area contributed by atoms with E-state index in [1.807, 2.05) is 0 Å². The number of amides is 1. The molecule has 2 saturated heterocycles. The lowest BCUT2D eigenvalue weighted by atomic mass is 9.89. The summed E-state index contributed by atoms with van der Waals surface area (Å²) in [5, 5.41) is 2.34. The van der Waals surface area contributed by atoms with Gasteiger partial charge in [0.25, 0.3) is 5.91 Å². The molecule has 1 amide bonds. The van der Waals surface area contributed by atoms with Crippen molar-refractivity contribution in [1.82, 2.24) is 9.80 Å². The molecule has 2 fully saturated rings. The summed E-state index contributed by atoms with van der Waals surface area (Å²) >= 11 is 0. The Morgan fingerprint density at radius 3 is 2.62 bits per heavy atom. The SMILES string of the molecule is CN1CCC2(CC1)CN(C(=O)c1ccccc1NCC(F)(F)F)CCO2. The number of ether oxygens (including phenoxy) is 1. The average Bonchev–Trinajstić information content (AvgIpc) is 2.62. The second-order valence-corrected chi connectivity index (χ2v) is 7.08. The minimum Gasteiger partial charge on any atom is -0.376 e. The van der Waals surface area contributed by atoms with E-state index < -0.39 is 12.7 Å². The Morgan fingerprint density at radius 2 is 1.92 bits per heavy atom. The van der Waals surface area contributed by atoms with E-state index in [-0.39, 0.29) is 22.8 Å². The minimum atomic E-state index is -4.34. The van der Waals surface area contributed by atoms with Gasteiger partial charge in [-0.05, 0) is 32.0 Å². The van der Waals surface area contributed by atoms with Crippen LogP contribution in [0.15, 0.2) is 24.3 Å². The molecule has 1 aromatic carbocycles. The molecular weight excluding hydrogens is 347 g/mol. The number of hydrogen-bond donors (Lipinski definition) is 1. The van der Waals surface area contributed by atoms with E-state index in [4.69, 9.17) is 4.74 Å². The molecule has 3 rings (SSSR count). The third-order valence-corrected chi connectivity index (χ3v) is 5.07. The molecule has 0 bridgehead atoms. The van der Waals surface area contributed by atoms with Gasteiger partial charge in [0.15, 0.2) is 0 Å². The molecule has 1 N–H and O–H groups in total. The van der Waals surface area contributed by atoms with Crippen LogP contribution in [0.1, 0.15) is 23.2 Å². The molecule has 0 radical (unpaired) electrons. The van der Waals surface area contributed by atoms with Crippen molar-refractivity contribution in [3.05, 3.63) is 29.8 Å². The summed E-state index contributed by atoms with van der Waals surface area (Å²) in [6, 6.07) is 6.35. The number of rotatable bonds is 3. The highest BCUT2D eigenvalue weighted by molar-refractivity contribution is 5.99. The van der Waals surface area contributed by atoms with Crippen molar-refractivity contribution in [2.75, 3.05) is 51.7 Å². The molecule has 1 spiro atoms. The maximum absolute atomic E-state index is 13.0. The van der Waals surface area contributed by atoms with Gasteiger partial charge in [0.2, 0.25) is 0 Å². The molecule has 2 aliphatic rings. The second-order valence-electron chi connectivity index (χ2n) is 7.08. The summed E-state index contributed by atoms with van der Waals surface area (Å²) < 4.78 is 43.6. The number of benzene rings is 1. The van der Waals surface area contributed by atoms with E-state index in [0.29, 0.717) is 19.7 Å². The number of para-hydroxylation sites is 1. The summed E-state index contributed by atoms with van der Waals surface area (Å²) in [6.07, 6.45) is -2.64. The van der Waals surface area contributed by atoms with Crippen LogP contribution in [0.25, 0.3) is 0 Å². The number of piperidine rings is 1. The maximum atomic E-state index is 13.0. The Hall–Kier alpha value is -1.80. The fraction of sp³-hybridized carbons (Fsp3) is 0.611. The van der Waals surface area contributed by atoms with Crippen LogP contribution in [0, 0.1) is 0 Å². The van der Waals surface area contributed by atoms with Crippen LogP contribution in [0.3, 0.4) is 0 Å². The summed E-state index contributed by atoms with van der Waals surface area (Å²) in [6.45, 7) is 2.03. The van der Waals surface area contributed by atoms with Gasteiger partial charge in [0.1, 0.15) is 6.54 Å². The molecule has 0 saturated carbocycles. The van der Waals surface area contributed by atoms with Crippen LogP contribution in [0.4, 0.5) is 18.9 Å². The lowest BCUT2D eigenvalue weighted by molar-refractivity contribution is -0.125. The Kier molecular flexibility index (Phi) is 5.43. The zero-order valence-corrected chi connectivity index (χ0v) is 14.8. The van der Waals surface area contributed by atoms with Crippen molar-refractivity contribution in [2.24, 2.45) is 0 Å². The van der Waals surface area contributed by atoms with Crippen molar-refractivity contribution >= 4 is 11.6 Å². The number of nitrogens with one attached hydrogen (secondary N) is 1. The van der Waals surface area contributed by atoms with Gasteiger partial charge in [-0.1, -0.05) is 12.1 Å². The van der Waals surface area contributed by atoms with Crippen molar-refractivity contribution in [2.45, 2.75) is 24.6 Å². The topological polar surface area (TPSA) is 44.8 Å². The van der Waals surface area contributed by atoms with Gasteiger partial charge in [0.05, 0.1) is 24.3 Å². The normalized spacial score (nSPS) is 21.0. The molecule has 8 heteroatoms. The smallest absolute Gasteiger partial charge is 0.376 e. The van der Waals surface area contributed by atoms with Gasteiger partial charge in [-0.3, -0.25) is 4.79 Å². The van der Waals surface area contributed by atoms with Crippen LogP contribution in [0.2, 0.25) is 0 Å². The first-order chi connectivity index (χ1) is 12.3. The average molecular weight is 371 g/mol. The lowest BCUT2D eigenvalue weighted by Gasteiger charge is -2.46. The van der Waals surface area contributed by atoms with Gasteiger partial charge >= 0.3 is 6.18 Å². The van der Waals surface area contributed by atoms with E-state index in [1.165, 1.54) is 6.07 Å². The van der Waals surface area contributed by atoms with Crippen LogP contribution in [-0.4, -0.2) is 73.9 Å². The number of likely N-dealkylation sites (tertiary alicyclic amines) is 1. The highest BCUT2D eigenvalue weighted by Gasteiger charge is 2.40. The highest BCUT2D eigenvalue weighted by atomic mass is 19.4. The summed E-state index contributed by atoms with van der Waals surface area (Å²) in [4.78, 5) is 16.9. The molecule has 2 aliphatic heterocycles. The van der Waals surface area contributed by atoms with E-state index in [1.54, 1.807) is 23.1 Å². The molecule has 5 nitrogen and oxygen atoms in total. The van der Waals surface area contributed by atoms with Gasteiger partial charge in [-0.15, -0.1) is 0 Å². The van der Waals surface area contributed by atoms with Crippen LogP contribution < -0.4 is 5.32 Å². The first-order valence-corrected chi connectivity index (χ1v) is 8.79. The molecule has 26 heavy (non-hydrogen) atoms. The monoisotopic (exact) mass is 371 g/mol. The number of hydrogen-bond acceptors (Lipinski definition) is 4. The van der Waals surface area contributed by atoms with E-state index in [2.05, 4.69) is 17.3 Å². The van der Waals surface area contributed by atoms with Crippen LogP contribution in [0.5, 0.6) is 0 Å². The van der Waals surface area contributed by atoms with E-state index in [0.717, 1.165) is 25.9 Å². The standard InChI is InChI=1S/C18H24F3N3O2/c1-23-8-6-17(7-9-23)13-24(10-11-26-17)16(25)14-4-2-3-5-15(14)22-12-18(19,20)21/h2-5,22H,6-13H2,1H3. The first-order valence-electron chi connectivity index (χ1n) is 8.79. The van der Waals surface area contributed by atoms with Gasteiger partial charge in [-0.25, -0.2) is 0 Å². The largest absolute Gasteiger partial charge is 0.405 e. The van der Waals surface area contributed by atoms with E-state index >= 15 is 0 Å². The van der Waals surface area contributed by atoms with Crippen molar-refractivity contribution < 1.29 is 22.7 Å². The second kappa shape index (κ2) is 7.44. The Balaban J connectivity index is 1.73. The molecule has 0 unspecified atom stereocenters. The Bertz CT molecular complexity index is 643. The first kappa shape index (κ1) is 19.0. The maximum Gasteiger partial charge on any atom is 0.405 e. The van der Waals surface area contributed by atoms with E-state index in [9.17, 15) is 18.0 Å². The Morgan fingerprint density at radius 1 is 1.23 bits per heavy atom. The molecule has 0 aromatic heterocycles. The van der Waals surface area contributed by atoms with Gasteiger partial charge in [-0.2, -0.15) is 13.2 Å². The molecule has 1 aromatic rings. The number of nitrogens with zero attached hydrogens (tertiary/aromatic N) is 2. The number of carbonyl (C=O) groups excluding carboxylic acids is 1. The third-order valence-electron chi connectivity index (χ3n) is 5.07. The van der Waals surface area contributed by atoms with Crippen LogP contribution in [-0.2, 0) is 4.74 Å². The van der Waals surface area contributed by atoms with Crippen LogP contribution >= 0.6 is 0 Å². The predicted octanol–water partition coefficient (Wildman–Crippen LogP) is 2.60. The fourth-order valence-electron chi connectivity index (χ4n) is 3.54. The number of carbonyl (C=O) groups is 1. The van der Waals surface area contributed by atoms with Gasteiger partial charge < -0.3 is 19.9 Å². The Labute approximate surface area is 151 Å². The molecule has 0 aliphatic carbocycles. The zero-order valence-electron chi connectivity index (χ0n) is 14.8. The minimum absolute atomic E-state index is 0.207. The lowest BCUT2D eigenvalue weighted by Crippen LogP contribution is -2.57.